The minimum absolute atomic E-state index is 0.0674. The first-order chi connectivity index (χ1) is 28.1. The molecule has 2 amide bonds. The molecule has 1 fully saturated rings. The molecule has 1 saturated heterocycles. The standard InChI is InChI=1S/C39H65N7O13/c1-29-5-7-30(8-6-29)3-2-4-34(48)41-13-23-58-25-26-59-24-14-42-35(49)12-10-32(39(56)57)46-21-17-43(27-36(50)51)15-19-45(31(38(54)55)9-11-33(40)47)20-16-44(18-22-46)28-37(52)53/h5-8,31-32,34,41,48H,2-4,9-28H2,1H3,(H2,40,47)(H,42,49)(H,50,51)(H,52,53)(H,54,55)(H,56,57). The van der Waals surface area contributed by atoms with Gasteiger partial charge in [-0.15, -0.1) is 0 Å². The molecule has 334 valence electrons. The lowest BCUT2D eigenvalue weighted by atomic mass is 10.1. The molecule has 1 aromatic carbocycles. The van der Waals surface area contributed by atoms with E-state index in [-0.39, 0.29) is 97.8 Å². The molecule has 0 radical (unpaired) electrons. The summed E-state index contributed by atoms with van der Waals surface area (Å²) in [5.41, 5.74) is 7.71. The minimum atomic E-state index is -1.21. The van der Waals surface area contributed by atoms with E-state index in [1.165, 1.54) is 11.1 Å². The number of carbonyl (C=O) groups excluding carboxylic acids is 2. The number of aryl methyl sites for hydroxylation is 2. The summed E-state index contributed by atoms with van der Waals surface area (Å²) in [4.78, 5) is 78.6. The number of benzene rings is 1. The maximum absolute atomic E-state index is 12.7. The number of carboxylic acids is 4. The highest BCUT2D eigenvalue weighted by molar-refractivity contribution is 5.78. The molecule has 20 heteroatoms. The molecule has 3 unspecified atom stereocenters. The average Bonchev–Trinajstić information content (AvgIpc) is 3.16. The number of nitrogens with two attached hydrogens (primary N) is 1. The predicted octanol–water partition coefficient (Wildman–Crippen LogP) is -1.28. The largest absolute Gasteiger partial charge is 0.480 e. The number of rotatable bonds is 28. The van der Waals surface area contributed by atoms with E-state index in [0.717, 1.165) is 12.8 Å². The van der Waals surface area contributed by atoms with Crippen LogP contribution in [0.4, 0.5) is 0 Å². The molecule has 3 atom stereocenters. The lowest BCUT2D eigenvalue weighted by Gasteiger charge is -2.37. The van der Waals surface area contributed by atoms with Gasteiger partial charge in [0.2, 0.25) is 11.8 Å². The molecule has 0 spiro atoms. The number of nitrogens with zero attached hydrogens (tertiary/aromatic N) is 4. The van der Waals surface area contributed by atoms with Gasteiger partial charge in [-0.1, -0.05) is 29.8 Å². The van der Waals surface area contributed by atoms with E-state index in [4.69, 9.17) is 15.2 Å². The van der Waals surface area contributed by atoms with Gasteiger partial charge in [0.05, 0.1) is 39.5 Å². The van der Waals surface area contributed by atoms with E-state index in [1.807, 2.05) is 6.92 Å². The van der Waals surface area contributed by atoms with Crippen molar-refractivity contribution in [3.05, 3.63) is 35.4 Å². The van der Waals surface area contributed by atoms with E-state index in [9.17, 15) is 54.3 Å². The Labute approximate surface area is 345 Å². The van der Waals surface area contributed by atoms with Crippen molar-refractivity contribution in [2.24, 2.45) is 5.73 Å². The van der Waals surface area contributed by atoms with Crippen LogP contribution in [-0.2, 0) is 44.7 Å². The van der Waals surface area contributed by atoms with Crippen LogP contribution in [0, 0.1) is 6.92 Å². The molecule has 1 aliphatic rings. The van der Waals surface area contributed by atoms with Crippen LogP contribution in [0.3, 0.4) is 0 Å². The van der Waals surface area contributed by atoms with Gasteiger partial charge in [-0.3, -0.25) is 53.7 Å². The maximum atomic E-state index is 12.7. The molecule has 1 heterocycles. The summed E-state index contributed by atoms with van der Waals surface area (Å²) in [7, 11) is 0. The first kappa shape index (κ1) is 50.9. The van der Waals surface area contributed by atoms with Crippen LogP contribution in [0.2, 0.25) is 0 Å². The van der Waals surface area contributed by atoms with Crippen molar-refractivity contribution in [1.82, 2.24) is 30.2 Å². The Morgan fingerprint density at radius 2 is 1.15 bits per heavy atom. The third-order valence-corrected chi connectivity index (χ3v) is 9.92. The highest BCUT2D eigenvalue weighted by Gasteiger charge is 2.31. The molecule has 9 N–H and O–H groups in total. The van der Waals surface area contributed by atoms with Crippen LogP contribution >= 0.6 is 0 Å². The third-order valence-electron chi connectivity index (χ3n) is 9.92. The summed E-state index contributed by atoms with van der Waals surface area (Å²) >= 11 is 0. The third kappa shape index (κ3) is 23.2. The van der Waals surface area contributed by atoms with E-state index in [1.54, 1.807) is 19.6 Å². The average molecular weight is 840 g/mol. The zero-order valence-corrected chi connectivity index (χ0v) is 34.2. The molecule has 1 aliphatic heterocycles. The molecule has 2 rings (SSSR count). The molecule has 0 bridgehead atoms. The van der Waals surface area contributed by atoms with Gasteiger partial charge < -0.3 is 46.1 Å². The van der Waals surface area contributed by atoms with Gasteiger partial charge in [0.1, 0.15) is 18.3 Å². The Morgan fingerprint density at radius 1 is 0.678 bits per heavy atom. The van der Waals surface area contributed by atoms with Crippen LogP contribution in [-0.4, -0.2) is 204 Å². The Balaban J connectivity index is 1.82. The number of carbonyl (C=O) groups is 6. The number of primary amides is 1. The van der Waals surface area contributed by atoms with Crippen LogP contribution in [0.5, 0.6) is 0 Å². The van der Waals surface area contributed by atoms with Crippen molar-refractivity contribution >= 4 is 35.7 Å². The number of aliphatic hydroxyl groups is 1. The lowest BCUT2D eigenvalue weighted by molar-refractivity contribution is -0.145. The summed E-state index contributed by atoms with van der Waals surface area (Å²) in [6.45, 7) is 3.73. The van der Waals surface area contributed by atoms with E-state index < -0.39 is 67.1 Å². The summed E-state index contributed by atoms with van der Waals surface area (Å²) in [5, 5.41) is 55.2. The number of aliphatic carboxylic acids is 4. The SMILES string of the molecule is Cc1ccc(CCCC(O)NCCOCCOCCNC(=O)CCC(C(=O)O)N2CCN(CC(=O)O)CCN(C(CCC(N)=O)C(=O)O)CCN(CC(=O)O)CC2)cc1. The number of hydrogen-bond acceptors (Lipinski definition) is 14. The lowest BCUT2D eigenvalue weighted by Crippen LogP contribution is -2.53. The molecule has 0 aliphatic carbocycles. The first-order valence-corrected chi connectivity index (χ1v) is 20.1. The Hall–Kier alpha value is -4.28. The summed E-state index contributed by atoms with van der Waals surface area (Å²) < 4.78 is 11.0. The fourth-order valence-electron chi connectivity index (χ4n) is 6.65. The van der Waals surface area contributed by atoms with E-state index >= 15 is 0 Å². The van der Waals surface area contributed by atoms with Crippen LogP contribution in [0.25, 0.3) is 0 Å². The second-order valence-electron chi connectivity index (χ2n) is 14.6. The highest BCUT2D eigenvalue weighted by atomic mass is 16.5. The predicted molar refractivity (Wildman–Crippen MR) is 215 cm³/mol. The Kier molecular flexibility index (Phi) is 25.0. The zero-order chi connectivity index (χ0) is 43.6. The number of carboxylic acid groups (broad SMARTS) is 4. The van der Waals surface area contributed by atoms with E-state index in [0.29, 0.717) is 26.2 Å². The maximum Gasteiger partial charge on any atom is 0.320 e. The number of ether oxygens (including phenoxy) is 2. The van der Waals surface area contributed by atoms with Crippen molar-refractivity contribution in [2.75, 3.05) is 105 Å². The highest BCUT2D eigenvalue weighted by Crippen LogP contribution is 2.13. The molecular formula is C39H65N7O13. The molecule has 1 aromatic rings. The van der Waals surface area contributed by atoms with Crippen molar-refractivity contribution in [2.45, 2.75) is 70.2 Å². The van der Waals surface area contributed by atoms with Crippen molar-refractivity contribution in [1.29, 1.82) is 0 Å². The number of hydrogen-bond donors (Lipinski definition) is 8. The van der Waals surface area contributed by atoms with E-state index in [2.05, 4.69) is 34.9 Å². The van der Waals surface area contributed by atoms with Crippen LogP contribution < -0.4 is 16.4 Å². The number of nitrogens with one attached hydrogen (secondary N) is 2. The minimum Gasteiger partial charge on any atom is -0.480 e. The second kappa shape index (κ2) is 29.0. The Bertz CT molecular complexity index is 1410. The van der Waals surface area contributed by atoms with Crippen molar-refractivity contribution in [3.63, 3.8) is 0 Å². The first-order valence-electron chi connectivity index (χ1n) is 20.1. The number of aliphatic hydroxyl groups excluding tert-OH is 1. The van der Waals surface area contributed by atoms with Gasteiger partial charge in [0, 0.05) is 78.3 Å². The van der Waals surface area contributed by atoms with Gasteiger partial charge in [0.15, 0.2) is 0 Å². The molecule has 0 saturated carbocycles. The monoisotopic (exact) mass is 839 g/mol. The molecule has 20 nitrogen and oxygen atoms in total. The topological polar surface area (TPSA) is 285 Å². The summed E-state index contributed by atoms with van der Waals surface area (Å²) in [5.74, 6) is -5.75. The second-order valence-corrected chi connectivity index (χ2v) is 14.6. The quantitative estimate of drug-likeness (QED) is 0.0360. The fourth-order valence-corrected chi connectivity index (χ4v) is 6.65. The van der Waals surface area contributed by atoms with Crippen LogP contribution in [0.15, 0.2) is 24.3 Å². The van der Waals surface area contributed by atoms with Gasteiger partial charge in [-0.05, 0) is 44.6 Å². The van der Waals surface area contributed by atoms with Gasteiger partial charge in [0.25, 0.3) is 0 Å². The Morgan fingerprint density at radius 3 is 1.61 bits per heavy atom. The fraction of sp³-hybridized carbons (Fsp3) is 0.692. The van der Waals surface area contributed by atoms with Crippen molar-refractivity contribution < 1.29 is 63.8 Å². The van der Waals surface area contributed by atoms with Gasteiger partial charge in [-0.2, -0.15) is 0 Å². The van der Waals surface area contributed by atoms with Crippen molar-refractivity contribution in [3.8, 4) is 0 Å². The smallest absolute Gasteiger partial charge is 0.320 e. The van der Waals surface area contributed by atoms with Gasteiger partial charge >= 0.3 is 23.9 Å². The normalized spacial score (nSPS) is 16.9. The van der Waals surface area contributed by atoms with Crippen LogP contribution in [0.1, 0.15) is 49.7 Å². The summed E-state index contributed by atoms with van der Waals surface area (Å²) in [6.07, 6.45) is 1.27. The zero-order valence-electron chi connectivity index (χ0n) is 34.2. The summed E-state index contributed by atoms with van der Waals surface area (Å²) in [6, 6.07) is 6.07. The number of amides is 2. The molecular weight excluding hydrogens is 774 g/mol. The van der Waals surface area contributed by atoms with Gasteiger partial charge in [-0.25, -0.2) is 0 Å². The molecule has 59 heavy (non-hydrogen) atoms. The molecule has 0 aromatic heterocycles.